The van der Waals surface area contributed by atoms with Crippen LogP contribution in [0.15, 0.2) is 75.1 Å². The minimum absolute atomic E-state index is 0.0334. The van der Waals surface area contributed by atoms with E-state index in [0.717, 1.165) is 28.8 Å². The van der Waals surface area contributed by atoms with Crippen molar-refractivity contribution in [1.29, 1.82) is 5.26 Å². The lowest BCUT2D eigenvalue weighted by atomic mass is 10.2. The lowest BCUT2D eigenvalue weighted by Crippen LogP contribution is -2.36. The lowest BCUT2D eigenvalue weighted by Gasteiger charge is -2.28. The van der Waals surface area contributed by atoms with Gasteiger partial charge < -0.3 is 19.4 Å². The molecule has 4 rings (SSSR count). The molecule has 1 fully saturated rings. The highest BCUT2D eigenvalue weighted by atomic mass is 79.9. The number of nitrogens with one attached hydrogen (secondary N) is 1. The van der Waals surface area contributed by atoms with E-state index in [-0.39, 0.29) is 5.57 Å². The summed E-state index contributed by atoms with van der Waals surface area (Å²) < 4.78 is 12.1. The third-order valence-electron chi connectivity index (χ3n) is 4.91. The summed E-state index contributed by atoms with van der Waals surface area (Å²) in [4.78, 5) is 14.8. The highest BCUT2D eigenvalue weighted by Gasteiger charge is 2.13. The monoisotopic (exact) mass is 477 g/mol. The fourth-order valence-corrected chi connectivity index (χ4v) is 3.53. The molecule has 0 spiro atoms. The van der Waals surface area contributed by atoms with Crippen LogP contribution in [0.3, 0.4) is 0 Å². The summed E-state index contributed by atoms with van der Waals surface area (Å²) in [5, 5.41) is 12.2. The van der Waals surface area contributed by atoms with Gasteiger partial charge in [-0.25, -0.2) is 0 Å². The van der Waals surface area contributed by atoms with Crippen molar-refractivity contribution in [2.75, 3.05) is 36.5 Å². The Labute approximate surface area is 188 Å². The highest BCUT2D eigenvalue weighted by molar-refractivity contribution is 9.10. The molecule has 2 aromatic carbocycles. The topological polar surface area (TPSA) is 78.5 Å². The van der Waals surface area contributed by atoms with Gasteiger partial charge in [-0.2, -0.15) is 5.26 Å². The molecular weight excluding hydrogens is 458 g/mol. The first-order valence-electron chi connectivity index (χ1n) is 9.84. The van der Waals surface area contributed by atoms with E-state index >= 15 is 0 Å². The van der Waals surface area contributed by atoms with Crippen LogP contribution in [-0.2, 0) is 9.53 Å². The molecule has 1 aromatic heterocycles. The van der Waals surface area contributed by atoms with Gasteiger partial charge in [-0.3, -0.25) is 4.79 Å². The third kappa shape index (κ3) is 5.23. The second-order valence-corrected chi connectivity index (χ2v) is 7.89. The molecule has 1 amide bonds. The molecule has 0 atom stereocenters. The molecule has 0 radical (unpaired) electrons. The van der Waals surface area contributed by atoms with Crippen LogP contribution in [0.4, 0.5) is 11.4 Å². The van der Waals surface area contributed by atoms with E-state index in [1.54, 1.807) is 6.07 Å². The van der Waals surface area contributed by atoms with Crippen molar-refractivity contribution in [3.63, 3.8) is 0 Å². The minimum atomic E-state index is -0.483. The quantitative estimate of drug-likeness (QED) is 0.408. The first kappa shape index (κ1) is 20.9. The number of amides is 1. The van der Waals surface area contributed by atoms with Crippen molar-refractivity contribution in [3.05, 3.63) is 76.5 Å². The molecule has 3 aromatic rings. The van der Waals surface area contributed by atoms with Gasteiger partial charge in [-0.15, -0.1) is 0 Å². The summed E-state index contributed by atoms with van der Waals surface area (Å²) in [6.45, 7) is 3.12. The number of hydrogen-bond acceptors (Lipinski definition) is 5. The van der Waals surface area contributed by atoms with Crippen molar-refractivity contribution in [3.8, 4) is 17.4 Å². The summed E-state index contributed by atoms with van der Waals surface area (Å²) >= 11 is 3.40. The number of furan rings is 1. The second kappa shape index (κ2) is 9.65. The smallest absolute Gasteiger partial charge is 0.266 e. The Kier molecular flexibility index (Phi) is 6.51. The highest BCUT2D eigenvalue weighted by Crippen LogP contribution is 2.25. The molecule has 156 valence electrons. The Morgan fingerprint density at radius 1 is 1.03 bits per heavy atom. The maximum Gasteiger partial charge on any atom is 0.266 e. The van der Waals surface area contributed by atoms with Crippen molar-refractivity contribution < 1.29 is 13.9 Å². The largest absolute Gasteiger partial charge is 0.457 e. The molecular formula is C24H20BrN3O3. The number of nitriles is 1. The minimum Gasteiger partial charge on any atom is -0.457 e. The molecule has 0 bridgehead atoms. The van der Waals surface area contributed by atoms with Crippen molar-refractivity contribution in [2.24, 2.45) is 0 Å². The third-order valence-corrected chi connectivity index (χ3v) is 5.44. The van der Waals surface area contributed by atoms with Crippen LogP contribution in [0.25, 0.3) is 17.4 Å². The molecule has 0 unspecified atom stereocenters. The van der Waals surface area contributed by atoms with E-state index in [9.17, 15) is 10.1 Å². The summed E-state index contributed by atoms with van der Waals surface area (Å²) in [5.41, 5.74) is 2.58. The normalized spacial score (nSPS) is 14.2. The summed E-state index contributed by atoms with van der Waals surface area (Å²) in [7, 11) is 0. The van der Waals surface area contributed by atoms with E-state index in [4.69, 9.17) is 9.15 Å². The van der Waals surface area contributed by atoms with Gasteiger partial charge in [0.1, 0.15) is 23.2 Å². The van der Waals surface area contributed by atoms with E-state index in [0.29, 0.717) is 30.4 Å². The molecule has 1 saturated heterocycles. The summed E-state index contributed by atoms with van der Waals surface area (Å²) in [5.74, 6) is 0.616. The molecule has 0 aliphatic carbocycles. The number of carbonyl (C=O) groups is 1. The second-order valence-electron chi connectivity index (χ2n) is 6.98. The van der Waals surface area contributed by atoms with Gasteiger partial charge in [0.05, 0.1) is 13.2 Å². The molecule has 1 aliphatic heterocycles. The molecule has 1 aliphatic rings. The zero-order valence-electron chi connectivity index (χ0n) is 16.7. The Morgan fingerprint density at radius 3 is 2.42 bits per heavy atom. The van der Waals surface area contributed by atoms with Crippen LogP contribution in [0.5, 0.6) is 0 Å². The molecule has 1 N–H and O–H groups in total. The van der Waals surface area contributed by atoms with Crippen molar-refractivity contribution in [1.82, 2.24) is 0 Å². The van der Waals surface area contributed by atoms with Gasteiger partial charge in [-0.1, -0.05) is 28.1 Å². The molecule has 2 heterocycles. The average Bonchev–Trinajstić information content (AvgIpc) is 3.27. The maximum absolute atomic E-state index is 12.6. The number of ether oxygens (including phenoxy) is 1. The first-order chi connectivity index (χ1) is 15.1. The molecule has 31 heavy (non-hydrogen) atoms. The van der Waals surface area contributed by atoms with Gasteiger partial charge in [0, 0.05) is 40.6 Å². The van der Waals surface area contributed by atoms with Gasteiger partial charge in [0.15, 0.2) is 0 Å². The van der Waals surface area contributed by atoms with Crippen LogP contribution in [0.1, 0.15) is 5.76 Å². The number of rotatable bonds is 5. The maximum atomic E-state index is 12.6. The van der Waals surface area contributed by atoms with Crippen LogP contribution < -0.4 is 10.2 Å². The summed E-state index contributed by atoms with van der Waals surface area (Å²) in [6, 6.07) is 20.8. The SMILES string of the molecule is N#C/C(=C\c1ccc(-c2ccc(Br)cc2)o1)C(=O)Nc1ccc(N2CCOCC2)cc1. The van der Waals surface area contributed by atoms with Crippen molar-refractivity contribution in [2.45, 2.75) is 0 Å². The number of morpholine rings is 1. The fraction of sp³-hybridized carbons (Fsp3) is 0.167. The molecule has 6 nitrogen and oxygen atoms in total. The van der Waals surface area contributed by atoms with E-state index in [2.05, 4.69) is 26.1 Å². The zero-order chi connectivity index (χ0) is 21.6. The van der Waals surface area contributed by atoms with Crippen LogP contribution >= 0.6 is 15.9 Å². The molecule has 7 heteroatoms. The predicted octanol–water partition coefficient (Wildman–Crippen LogP) is 5.09. The van der Waals surface area contributed by atoms with Gasteiger partial charge in [-0.05, 0) is 48.5 Å². The predicted molar refractivity (Wildman–Crippen MR) is 124 cm³/mol. The Balaban J connectivity index is 1.44. The number of hydrogen-bond donors (Lipinski definition) is 1. The summed E-state index contributed by atoms with van der Waals surface area (Å²) in [6.07, 6.45) is 1.44. The van der Waals surface area contributed by atoms with Gasteiger partial charge in [0.2, 0.25) is 0 Å². The first-order valence-corrected chi connectivity index (χ1v) is 10.6. The zero-order valence-corrected chi connectivity index (χ0v) is 18.3. The number of carbonyl (C=O) groups excluding carboxylic acids is 1. The van der Waals surface area contributed by atoms with Crippen LogP contribution in [0.2, 0.25) is 0 Å². The molecule has 0 saturated carbocycles. The number of halogens is 1. The van der Waals surface area contributed by atoms with E-state index < -0.39 is 5.91 Å². The number of anilines is 2. The van der Waals surface area contributed by atoms with Crippen molar-refractivity contribution >= 4 is 39.3 Å². The fourth-order valence-electron chi connectivity index (χ4n) is 3.27. The van der Waals surface area contributed by atoms with Gasteiger partial charge >= 0.3 is 0 Å². The average molecular weight is 478 g/mol. The Hall–Kier alpha value is -3.34. The van der Waals surface area contributed by atoms with E-state index in [1.807, 2.05) is 60.7 Å². The van der Waals surface area contributed by atoms with Gasteiger partial charge in [0.25, 0.3) is 5.91 Å². The van der Waals surface area contributed by atoms with E-state index in [1.165, 1.54) is 6.08 Å². The number of benzene rings is 2. The van der Waals surface area contributed by atoms with Crippen LogP contribution in [-0.4, -0.2) is 32.2 Å². The Bertz CT molecular complexity index is 1120. The van der Waals surface area contributed by atoms with Crippen LogP contribution in [0, 0.1) is 11.3 Å². The standard InChI is InChI=1S/C24H20BrN3O3/c25-19-3-1-17(2-4-19)23-10-9-22(31-23)15-18(16-26)24(29)27-20-5-7-21(8-6-20)28-11-13-30-14-12-28/h1-10,15H,11-14H2,(H,27,29)/b18-15+. The lowest BCUT2D eigenvalue weighted by molar-refractivity contribution is -0.112. The Morgan fingerprint density at radius 2 is 1.74 bits per heavy atom. The number of nitrogens with zero attached hydrogens (tertiary/aromatic N) is 2.